The topological polar surface area (TPSA) is 61.9 Å². The number of aryl methyl sites for hydroxylation is 3. The van der Waals surface area contributed by atoms with E-state index in [1.54, 1.807) is 11.3 Å². The number of hydrogen-bond donors (Lipinski definition) is 1. The molecule has 0 aromatic carbocycles. The van der Waals surface area contributed by atoms with Crippen molar-refractivity contribution in [2.45, 2.75) is 46.0 Å². The third kappa shape index (κ3) is 3.21. The molecule has 3 rings (SSSR count). The molecule has 0 bridgehead atoms. The Morgan fingerprint density at radius 2 is 2.27 bits per heavy atom. The molecular formula is C16H22N4OS. The van der Waals surface area contributed by atoms with Gasteiger partial charge >= 0.3 is 0 Å². The van der Waals surface area contributed by atoms with Crippen LogP contribution in [0.15, 0.2) is 6.20 Å². The number of hydrogen-bond acceptors (Lipinski definition) is 4. The summed E-state index contributed by atoms with van der Waals surface area (Å²) in [5.41, 5.74) is 2.07. The summed E-state index contributed by atoms with van der Waals surface area (Å²) in [6.45, 7) is 7.60. The Kier molecular flexibility index (Phi) is 4.29. The van der Waals surface area contributed by atoms with Crippen LogP contribution in [0.3, 0.4) is 0 Å². The summed E-state index contributed by atoms with van der Waals surface area (Å²) in [6.07, 6.45) is 4.47. The monoisotopic (exact) mass is 318 g/mol. The average Bonchev–Trinajstić information content (AvgIpc) is 3.05. The number of H-pyrrole nitrogens is 1. The van der Waals surface area contributed by atoms with Crippen LogP contribution in [-0.2, 0) is 11.2 Å². The largest absolute Gasteiger partial charge is 0.346 e. The van der Waals surface area contributed by atoms with Gasteiger partial charge < -0.3 is 9.88 Å². The first-order chi connectivity index (χ1) is 10.5. The summed E-state index contributed by atoms with van der Waals surface area (Å²) < 4.78 is 0. The summed E-state index contributed by atoms with van der Waals surface area (Å²) in [7, 11) is 0. The van der Waals surface area contributed by atoms with E-state index in [4.69, 9.17) is 0 Å². The average molecular weight is 318 g/mol. The standard InChI is InChI=1S/C16H22N4OS/c1-10-8-17-16(18-10)13-5-4-6-20(9-13)15(21)7-14-11(2)19-12(3)22-14/h8,13H,4-7,9H2,1-3H3,(H,17,18)/t13-/m1/s1. The van der Waals surface area contributed by atoms with Gasteiger partial charge in [0.2, 0.25) is 5.91 Å². The third-order valence-corrected chi connectivity index (χ3v) is 5.27. The van der Waals surface area contributed by atoms with Gasteiger partial charge in [0, 0.05) is 35.8 Å². The molecule has 0 spiro atoms. The lowest BCUT2D eigenvalue weighted by Crippen LogP contribution is -2.40. The minimum atomic E-state index is 0.208. The van der Waals surface area contributed by atoms with Gasteiger partial charge in [-0.3, -0.25) is 4.79 Å². The number of carbonyl (C=O) groups is 1. The Hall–Kier alpha value is -1.69. The van der Waals surface area contributed by atoms with Crippen molar-refractivity contribution in [2.75, 3.05) is 13.1 Å². The number of nitrogens with zero attached hydrogens (tertiary/aromatic N) is 3. The predicted octanol–water partition coefficient (Wildman–Crippen LogP) is 2.74. The normalized spacial score (nSPS) is 18.7. The number of amides is 1. The zero-order valence-electron chi connectivity index (χ0n) is 13.3. The van der Waals surface area contributed by atoms with Crippen molar-refractivity contribution in [2.24, 2.45) is 0 Å². The van der Waals surface area contributed by atoms with Crippen molar-refractivity contribution >= 4 is 17.2 Å². The molecule has 3 heterocycles. The van der Waals surface area contributed by atoms with Gasteiger partial charge in [-0.15, -0.1) is 11.3 Å². The molecule has 118 valence electrons. The maximum absolute atomic E-state index is 12.6. The molecule has 1 saturated heterocycles. The lowest BCUT2D eigenvalue weighted by Gasteiger charge is -2.32. The van der Waals surface area contributed by atoms with Crippen LogP contribution in [0.2, 0.25) is 0 Å². The quantitative estimate of drug-likeness (QED) is 0.946. The number of thiazole rings is 1. The summed E-state index contributed by atoms with van der Waals surface area (Å²) >= 11 is 1.63. The highest BCUT2D eigenvalue weighted by Crippen LogP contribution is 2.26. The fourth-order valence-electron chi connectivity index (χ4n) is 3.05. The minimum Gasteiger partial charge on any atom is -0.346 e. The second-order valence-corrected chi connectivity index (χ2v) is 7.34. The minimum absolute atomic E-state index is 0.208. The van der Waals surface area contributed by atoms with Gasteiger partial charge in [0.1, 0.15) is 5.82 Å². The zero-order chi connectivity index (χ0) is 15.7. The molecular weight excluding hydrogens is 296 g/mol. The molecule has 1 fully saturated rings. The van der Waals surface area contributed by atoms with E-state index >= 15 is 0 Å². The molecule has 1 aliphatic rings. The SMILES string of the molecule is Cc1cnc([C@@H]2CCCN(C(=O)Cc3sc(C)nc3C)C2)[nH]1. The highest BCUT2D eigenvalue weighted by atomic mass is 32.1. The first-order valence-corrected chi connectivity index (χ1v) is 8.56. The van der Waals surface area contributed by atoms with Crippen molar-refractivity contribution in [3.05, 3.63) is 33.3 Å². The van der Waals surface area contributed by atoms with E-state index in [1.807, 2.05) is 31.9 Å². The van der Waals surface area contributed by atoms with E-state index < -0.39 is 0 Å². The van der Waals surface area contributed by atoms with E-state index in [-0.39, 0.29) is 5.91 Å². The van der Waals surface area contributed by atoms with Crippen LogP contribution in [0.25, 0.3) is 0 Å². The Morgan fingerprint density at radius 1 is 1.45 bits per heavy atom. The van der Waals surface area contributed by atoms with Crippen LogP contribution in [0.5, 0.6) is 0 Å². The predicted molar refractivity (Wildman–Crippen MR) is 87.2 cm³/mol. The third-order valence-electron chi connectivity index (χ3n) is 4.19. The summed E-state index contributed by atoms with van der Waals surface area (Å²) in [5, 5.41) is 1.03. The van der Waals surface area contributed by atoms with E-state index in [9.17, 15) is 4.79 Å². The molecule has 1 N–H and O–H groups in total. The Balaban J connectivity index is 1.66. The smallest absolute Gasteiger partial charge is 0.227 e. The van der Waals surface area contributed by atoms with Crippen LogP contribution in [0.1, 0.15) is 45.9 Å². The Bertz CT molecular complexity index is 675. The lowest BCUT2D eigenvalue weighted by molar-refractivity contribution is -0.131. The highest BCUT2D eigenvalue weighted by molar-refractivity contribution is 7.11. The first-order valence-electron chi connectivity index (χ1n) is 7.75. The van der Waals surface area contributed by atoms with Gasteiger partial charge in [-0.2, -0.15) is 0 Å². The number of aromatic nitrogens is 3. The van der Waals surface area contributed by atoms with Crippen molar-refractivity contribution in [3.63, 3.8) is 0 Å². The number of carbonyl (C=O) groups excluding carboxylic acids is 1. The van der Waals surface area contributed by atoms with Crippen molar-refractivity contribution < 1.29 is 4.79 Å². The number of aromatic amines is 1. The molecule has 1 aliphatic heterocycles. The number of nitrogens with one attached hydrogen (secondary N) is 1. The van der Waals surface area contributed by atoms with E-state index in [0.29, 0.717) is 12.3 Å². The molecule has 1 amide bonds. The molecule has 0 saturated carbocycles. The van der Waals surface area contributed by atoms with Crippen molar-refractivity contribution in [1.29, 1.82) is 0 Å². The molecule has 22 heavy (non-hydrogen) atoms. The molecule has 2 aromatic heterocycles. The summed E-state index contributed by atoms with van der Waals surface area (Å²) in [4.78, 5) is 27.8. The van der Waals surface area contributed by atoms with Gasteiger partial charge in [-0.05, 0) is 33.6 Å². The molecule has 2 aromatic rings. The summed E-state index contributed by atoms with van der Waals surface area (Å²) in [6, 6.07) is 0. The maximum Gasteiger partial charge on any atom is 0.227 e. The van der Waals surface area contributed by atoms with Gasteiger partial charge in [0.05, 0.1) is 17.1 Å². The van der Waals surface area contributed by atoms with Gasteiger partial charge in [-0.1, -0.05) is 0 Å². The molecule has 1 atom stereocenters. The highest BCUT2D eigenvalue weighted by Gasteiger charge is 2.27. The van der Waals surface area contributed by atoms with E-state index in [2.05, 4.69) is 15.0 Å². The van der Waals surface area contributed by atoms with E-state index in [0.717, 1.165) is 53.0 Å². The summed E-state index contributed by atoms with van der Waals surface area (Å²) in [5.74, 6) is 1.55. The van der Waals surface area contributed by atoms with Crippen molar-refractivity contribution in [1.82, 2.24) is 19.9 Å². The van der Waals surface area contributed by atoms with Crippen molar-refractivity contribution in [3.8, 4) is 0 Å². The van der Waals surface area contributed by atoms with Crippen LogP contribution in [0.4, 0.5) is 0 Å². The number of imidazole rings is 1. The van der Waals surface area contributed by atoms with Crippen LogP contribution >= 0.6 is 11.3 Å². The van der Waals surface area contributed by atoms with Crippen LogP contribution in [0, 0.1) is 20.8 Å². The molecule has 0 unspecified atom stereocenters. The fourth-order valence-corrected chi connectivity index (χ4v) is 3.98. The number of piperidine rings is 1. The number of rotatable bonds is 3. The van der Waals surface area contributed by atoms with E-state index in [1.165, 1.54) is 0 Å². The fraction of sp³-hybridized carbons (Fsp3) is 0.562. The molecule has 5 nitrogen and oxygen atoms in total. The number of likely N-dealkylation sites (tertiary alicyclic amines) is 1. The molecule has 0 radical (unpaired) electrons. The second kappa shape index (κ2) is 6.20. The lowest BCUT2D eigenvalue weighted by atomic mass is 9.97. The zero-order valence-corrected chi connectivity index (χ0v) is 14.2. The van der Waals surface area contributed by atoms with Gasteiger partial charge in [-0.25, -0.2) is 9.97 Å². The van der Waals surface area contributed by atoms with Crippen LogP contribution in [-0.4, -0.2) is 38.8 Å². The first kappa shape index (κ1) is 15.2. The Labute approximate surface area is 134 Å². The van der Waals surface area contributed by atoms with Crippen LogP contribution < -0.4 is 0 Å². The molecule has 0 aliphatic carbocycles. The molecule has 6 heteroatoms. The van der Waals surface area contributed by atoms with Gasteiger partial charge in [0.15, 0.2) is 0 Å². The Morgan fingerprint density at radius 3 is 2.91 bits per heavy atom. The maximum atomic E-state index is 12.6. The van der Waals surface area contributed by atoms with Gasteiger partial charge in [0.25, 0.3) is 0 Å². The second-order valence-electron chi connectivity index (χ2n) is 6.05.